The first-order valence-corrected chi connectivity index (χ1v) is 11.3. The Morgan fingerprint density at radius 1 is 0.861 bits per heavy atom. The van der Waals surface area contributed by atoms with Gasteiger partial charge in [0.05, 0.1) is 37.6 Å². The summed E-state index contributed by atoms with van der Waals surface area (Å²) in [6, 6.07) is 21.3. The van der Waals surface area contributed by atoms with Crippen LogP contribution in [0.2, 0.25) is 0 Å². The fourth-order valence-corrected chi connectivity index (χ4v) is 3.58. The van der Waals surface area contributed by atoms with Gasteiger partial charge in [-0.3, -0.25) is 4.79 Å². The molecule has 4 aromatic rings. The van der Waals surface area contributed by atoms with Crippen molar-refractivity contribution in [2.24, 2.45) is 0 Å². The summed E-state index contributed by atoms with van der Waals surface area (Å²) < 4.78 is 21.5. The van der Waals surface area contributed by atoms with Crippen molar-refractivity contribution >= 4 is 28.5 Å². The van der Waals surface area contributed by atoms with E-state index in [4.69, 9.17) is 23.9 Å². The zero-order valence-corrected chi connectivity index (χ0v) is 20.2. The maximum absolute atomic E-state index is 12.6. The number of hydrogen-bond donors (Lipinski definition) is 1. The minimum Gasteiger partial charge on any atom is -0.497 e. The molecule has 0 atom stereocenters. The van der Waals surface area contributed by atoms with E-state index < -0.39 is 5.97 Å². The maximum atomic E-state index is 12.6. The molecule has 0 saturated carbocycles. The van der Waals surface area contributed by atoms with Crippen LogP contribution in [-0.2, 0) is 9.53 Å². The van der Waals surface area contributed by atoms with Crippen molar-refractivity contribution < 1.29 is 28.5 Å². The van der Waals surface area contributed by atoms with E-state index in [1.807, 2.05) is 24.3 Å². The number of nitrogens with one attached hydrogen (secondary N) is 1. The minimum atomic E-state index is -0.443. The predicted octanol–water partition coefficient (Wildman–Crippen LogP) is 5.11. The third-order valence-corrected chi connectivity index (χ3v) is 5.40. The van der Waals surface area contributed by atoms with Crippen LogP contribution in [0, 0.1) is 0 Å². The largest absolute Gasteiger partial charge is 0.497 e. The summed E-state index contributed by atoms with van der Waals surface area (Å²) in [5, 5.41) is 3.39. The number of anilines is 1. The summed E-state index contributed by atoms with van der Waals surface area (Å²) >= 11 is 0. The predicted molar refractivity (Wildman–Crippen MR) is 137 cm³/mol. The van der Waals surface area contributed by atoms with E-state index >= 15 is 0 Å². The van der Waals surface area contributed by atoms with Crippen LogP contribution in [0.3, 0.4) is 0 Å². The number of esters is 1. The number of amides is 1. The quantitative estimate of drug-likeness (QED) is 0.328. The van der Waals surface area contributed by atoms with E-state index in [1.54, 1.807) is 69.7 Å². The molecule has 3 aromatic carbocycles. The molecule has 1 amide bonds. The summed E-state index contributed by atoms with van der Waals surface area (Å²) in [7, 11) is 3.18. The molecule has 4 rings (SSSR count). The van der Waals surface area contributed by atoms with Crippen LogP contribution in [0.25, 0.3) is 22.2 Å². The number of hydrogen-bond acceptors (Lipinski definition) is 7. The van der Waals surface area contributed by atoms with Crippen molar-refractivity contribution in [3.8, 4) is 28.5 Å². The summed E-state index contributed by atoms with van der Waals surface area (Å²) in [4.78, 5) is 29.6. The molecule has 184 valence electrons. The van der Waals surface area contributed by atoms with Crippen LogP contribution in [0.1, 0.15) is 17.3 Å². The van der Waals surface area contributed by atoms with E-state index in [9.17, 15) is 9.59 Å². The first-order valence-electron chi connectivity index (χ1n) is 11.3. The van der Waals surface area contributed by atoms with Crippen LogP contribution >= 0.6 is 0 Å². The van der Waals surface area contributed by atoms with Crippen LogP contribution in [0.15, 0.2) is 72.8 Å². The highest BCUT2D eigenvalue weighted by Gasteiger charge is 2.15. The standard InChI is InChI=1S/C28H26N2O6/c1-4-35-28(32)19-7-14-24-23(15-19)26(16-25(30-24)18-5-10-21(33-2)11-6-18)36-17-27(31)29-20-8-12-22(34-3)13-9-20/h5-16H,4,17H2,1-3H3,(H,29,31). The second-order valence-electron chi connectivity index (χ2n) is 7.75. The molecule has 0 aliphatic carbocycles. The van der Waals surface area contributed by atoms with Gasteiger partial charge in [0, 0.05) is 22.7 Å². The van der Waals surface area contributed by atoms with E-state index in [1.165, 1.54) is 0 Å². The molecule has 8 heteroatoms. The third-order valence-electron chi connectivity index (χ3n) is 5.40. The minimum absolute atomic E-state index is 0.239. The van der Waals surface area contributed by atoms with Gasteiger partial charge in [0.1, 0.15) is 17.2 Å². The van der Waals surface area contributed by atoms with Crippen LogP contribution in [-0.4, -0.2) is 44.3 Å². The topological polar surface area (TPSA) is 96.0 Å². The molecule has 0 spiro atoms. The highest BCUT2D eigenvalue weighted by molar-refractivity contribution is 5.97. The number of nitrogens with zero attached hydrogens (tertiary/aromatic N) is 1. The lowest BCUT2D eigenvalue weighted by molar-refractivity contribution is -0.118. The van der Waals surface area contributed by atoms with Crippen molar-refractivity contribution in [2.45, 2.75) is 6.92 Å². The molecule has 8 nitrogen and oxygen atoms in total. The van der Waals surface area contributed by atoms with Gasteiger partial charge in [-0.2, -0.15) is 0 Å². The Morgan fingerprint density at radius 2 is 1.53 bits per heavy atom. The fraction of sp³-hybridized carbons (Fsp3) is 0.179. The van der Waals surface area contributed by atoms with Gasteiger partial charge in [0.15, 0.2) is 6.61 Å². The number of rotatable bonds is 9. The Morgan fingerprint density at radius 3 is 2.17 bits per heavy atom. The van der Waals surface area contributed by atoms with Gasteiger partial charge in [-0.1, -0.05) is 0 Å². The molecular formula is C28H26N2O6. The van der Waals surface area contributed by atoms with Crippen LogP contribution < -0.4 is 19.5 Å². The van der Waals surface area contributed by atoms with Crippen molar-refractivity contribution in [1.29, 1.82) is 0 Å². The molecule has 36 heavy (non-hydrogen) atoms. The summed E-state index contributed by atoms with van der Waals surface area (Å²) in [6.07, 6.45) is 0. The highest BCUT2D eigenvalue weighted by atomic mass is 16.5. The van der Waals surface area contributed by atoms with Gasteiger partial charge in [0.2, 0.25) is 0 Å². The van der Waals surface area contributed by atoms with Crippen molar-refractivity contribution in [1.82, 2.24) is 4.98 Å². The smallest absolute Gasteiger partial charge is 0.338 e. The van der Waals surface area contributed by atoms with Crippen molar-refractivity contribution in [2.75, 3.05) is 32.8 Å². The lowest BCUT2D eigenvalue weighted by Gasteiger charge is -2.13. The van der Waals surface area contributed by atoms with E-state index in [-0.39, 0.29) is 19.1 Å². The van der Waals surface area contributed by atoms with Crippen LogP contribution in [0.5, 0.6) is 17.2 Å². The molecule has 1 N–H and O–H groups in total. The van der Waals surface area contributed by atoms with Crippen molar-refractivity contribution in [3.63, 3.8) is 0 Å². The van der Waals surface area contributed by atoms with Gasteiger partial charge in [-0.05, 0) is 73.7 Å². The SMILES string of the molecule is CCOC(=O)c1ccc2nc(-c3ccc(OC)cc3)cc(OCC(=O)Nc3ccc(OC)cc3)c2c1. The lowest BCUT2D eigenvalue weighted by atomic mass is 10.1. The Bertz CT molecular complexity index is 1370. The first kappa shape index (κ1) is 24.5. The number of methoxy groups -OCH3 is 2. The molecule has 0 bridgehead atoms. The van der Waals surface area contributed by atoms with Crippen molar-refractivity contribution in [3.05, 3.63) is 78.4 Å². The van der Waals surface area contributed by atoms with Gasteiger partial charge in [-0.25, -0.2) is 9.78 Å². The number of carbonyl (C=O) groups is 2. The Balaban J connectivity index is 1.63. The molecule has 0 fully saturated rings. The summed E-state index contributed by atoms with van der Waals surface area (Å²) in [6.45, 7) is 1.77. The molecule has 1 aromatic heterocycles. The number of carbonyl (C=O) groups excluding carboxylic acids is 2. The van der Waals surface area contributed by atoms with Gasteiger partial charge < -0.3 is 24.3 Å². The van der Waals surface area contributed by atoms with Crippen LogP contribution in [0.4, 0.5) is 5.69 Å². The van der Waals surface area contributed by atoms with Gasteiger partial charge in [-0.15, -0.1) is 0 Å². The fourth-order valence-electron chi connectivity index (χ4n) is 3.58. The zero-order chi connectivity index (χ0) is 25.5. The van der Waals surface area contributed by atoms with E-state index in [0.29, 0.717) is 39.3 Å². The van der Waals surface area contributed by atoms with Gasteiger partial charge >= 0.3 is 5.97 Å². The third kappa shape index (κ3) is 5.72. The molecule has 0 unspecified atom stereocenters. The number of aromatic nitrogens is 1. The Labute approximate surface area is 208 Å². The Hall–Kier alpha value is -4.59. The number of benzene rings is 3. The second kappa shape index (κ2) is 11.2. The summed E-state index contributed by atoms with van der Waals surface area (Å²) in [5.41, 5.74) is 3.10. The lowest BCUT2D eigenvalue weighted by Crippen LogP contribution is -2.20. The molecular weight excluding hydrogens is 460 g/mol. The molecule has 0 radical (unpaired) electrons. The molecule has 1 heterocycles. The monoisotopic (exact) mass is 486 g/mol. The normalized spacial score (nSPS) is 10.5. The number of ether oxygens (including phenoxy) is 4. The second-order valence-corrected chi connectivity index (χ2v) is 7.75. The highest BCUT2D eigenvalue weighted by Crippen LogP contribution is 2.32. The molecule has 0 aliphatic rings. The first-order chi connectivity index (χ1) is 17.5. The number of fused-ring (bicyclic) bond motifs is 1. The summed E-state index contributed by atoms with van der Waals surface area (Å²) in [5.74, 6) is 1.06. The molecule has 0 saturated heterocycles. The number of pyridine rings is 1. The zero-order valence-electron chi connectivity index (χ0n) is 20.2. The molecule has 0 aliphatic heterocycles. The Kier molecular flexibility index (Phi) is 7.65. The average molecular weight is 487 g/mol. The van der Waals surface area contributed by atoms with E-state index in [0.717, 1.165) is 11.3 Å². The van der Waals surface area contributed by atoms with E-state index in [2.05, 4.69) is 5.32 Å². The maximum Gasteiger partial charge on any atom is 0.338 e. The average Bonchev–Trinajstić information content (AvgIpc) is 2.92. The van der Waals surface area contributed by atoms with Gasteiger partial charge in [0.25, 0.3) is 5.91 Å².